The molecule has 2 aliphatic carbocycles. The second-order valence-electron chi connectivity index (χ2n) is 8.26. The summed E-state index contributed by atoms with van der Waals surface area (Å²) in [7, 11) is -3.83. The van der Waals surface area contributed by atoms with Gasteiger partial charge in [-0.3, -0.25) is 4.79 Å². The average molecular weight is 396 g/mol. The standard InChI is InChI=1S/C20H33N3O3S/c1-14-15(2)23(18-12-8-5-9-13-18)20(21-14)27(25,26)16(3)19(24)22-17-10-6-4-7-11-17/h16-18H,4-13H2,1-3H3,(H,22,24). The molecule has 0 radical (unpaired) electrons. The number of sulfone groups is 1. The molecule has 1 aromatic heterocycles. The normalized spacial score (nSPS) is 21.1. The molecule has 152 valence electrons. The maximum Gasteiger partial charge on any atom is 0.238 e. The summed E-state index contributed by atoms with van der Waals surface area (Å²) >= 11 is 0. The highest BCUT2D eigenvalue weighted by molar-refractivity contribution is 7.92. The molecule has 3 rings (SSSR count). The van der Waals surface area contributed by atoms with Crippen LogP contribution in [-0.2, 0) is 14.6 Å². The fraction of sp³-hybridized carbons (Fsp3) is 0.800. The largest absolute Gasteiger partial charge is 0.352 e. The van der Waals surface area contributed by atoms with E-state index in [0.29, 0.717) is 0 Å². The monoisotopic (exact) mass is 395 g/mol. The second kappa shape index (κ2) is 8.33. The minimum Gasteiger partial charge on any atom is -0.352 e. The number of amides is 1. The van der Waals surface area contributed by atoms with E-state index in [1.807, 2.05) is 18.4 Å². The molecule has 2 fully saturated rings. The molecular formula is C20H33N3O3S. The van der Waals surface area contributed by atoms with Gasteiger partial charge >= 0.3 is 0 Å². The number of carbonyl (C=O) groups is 1. The Labute approximate surface area is 163 Å². The number of aromatic nitrogens is 2. The highest BCUT2D eigenvalue weighted by atomic mass is 32.2. The number of hydrogen-bond acceptors (Lipinski definition) is 4. The minimum atomic E-state index is -3.83. The smallest absolute Gasteiger partial charge is 0.238 e. The van der Waals surface area contributed by atoms with Crippen LogP contribution in [0.2, 0.25) is 0 Å². The molecule has 7 heteroatoms. The summed E-state index contributed by atoms with van der Waals surface area (Å²) in [6.45, 7) is 5.28. The van der Waals surface area contributed by atoms with Gasteiger partial charge in [0.2, 0.25) is 20.9 Å². The summed E-state index contributed by atoms with van der Waals surface area (Å²) in [5.74, 6) is -0.393. The van der Waals surface area contributed by atoms with Gasteiger partial charge in [0.25, 0.3) is 0 Å². The zero-order valence-electron chi connectivity index (χ0n) is 16.8. The van der Waals surface area contributed by atoms with Crippen LogP contribution in [0.1, 0.15) is 88.6 Å². The van der Waals surface area contributed by atoms with E-state index in [1.54, 1.807) is 0 Å². The molecule has 1 amide bonds. The first kappa shape index (κ1) is 20.4. The van der Waals surface area contributed by atoms with E-state index in [0.717, 1.165) is 62.8 Å². The molecule has 27 heavy (non-hydrogen) atoms. The number of aryl methyl sites for hydroxylation is 1. The molecule has 1 atom stereocenters. The molecule has 1 N–H and O–H groups in total. The molecule has 0 aliphatic heterocycles. The number of nitrogens with zero attached hydrogens (tertiary/aromatic N) is 2. The summed E-state index contributed by atoms with van der Waals surface area (Å²) < 4.78 is 28.5. The highest BCUT2D eigenvalue weighted by Crippen LogP contribution is 2.33. The van der Waals surface area contributed by atoms with Crippen molar-refractivity contribution in [3.63, 3.8) is 0 Å². The third kappa shape index (κ3) is 4.23. The van der Waals surface area contributed by atoms with Crippen molar-refractivity contribution < 1.29 is 13.2 Å². The first-order valence-electron chi connectivity index (χ1n) is 10.4. The first-order chi connectivity index (χ1) is 12.8. The summed E-state index contributed by atoms with van der Waals surface area (Å²) in [5.41, 5.74) is 1.64. The lowest BCUT2D eigenvalue weighted by atomic mass is 9.95. The van der Waals surface area contributed by atoms with Gasteiger partial charge in [0, 0.05) is 17.8 Å². The molecule has 0 spiro atoms. The predicted molar refractivity (Wildman–Crippen MR) is 105 cm³/mol. The second-order valence-corrected chi connectivity index (χ2v) is 10.4. The van der Waals surface area contributed by atoms with Crippen LogP contribution in [0.4, 0.5) is 0 Å². The molecule has 1 unspecified atom stereocenters. The Balaban J connectivity index is 1.85. The topological polar surface area (TPSA) is 81.1 Å². The Morgan fingerprint density at radius 2 is 1.59 bits per heavy atom. The Morgan fingerprint density at radius 3 is 2.19 bits per heavy atom. The predicted octanol–water partition coefficient (Wildman–Crippen LogP) is 3.62. The van der Waals surface area contributed by atoms with Crippen LogP contribution in [0.25, 0.3) is 0 Å². The van der Waals surface area contributed by atoms with Gasteiger partial charge in [-0.25, -0.2) is 13.4 Å². The van der Waals surface area contributed by atoms with E-state index < -0.39 is 21.0 Å². The van der Waals surface area contributed by atoms with Crippen molar-refractivity contribution in [3.8, 4) is 0 Å². The third-order valence-electron chi connectivity index (χ3n) is 6.33. The number of nitrogens with one attached hydrogen (secondary N) is 1. The van der Waals surface area contributed by atoms with E-state index >= 15 is 0 Å². The van der Waals surface area contributed by atoms with Crippen molar-refractivity contribution in [2.75, 3.05) is 0 Å². The van der Waals surface area contributed by atoms with Gasteiger partial charge < -0.3 is 9.88 Å². The molecular weight excluding hydrogens is 362 g/mol. The molecule has 0 bridgehead atoms. The van der Waals surface area contributed by atoms with E-state index in [2.05, 4.69) is 10.3 Å². The van der Waals surface area contributed by atoms with Gasteiger partial charge in [-0.1, -0.05) is 38.5 Å². The zero-order chi connectivity index (χ0) is 19.6. The maximum absolute atomic E-state index is 13.3. The average Bonchev–Trinajstić information content (AvgIpc) is 2.98. The zero-order valence-corrected chi connectivity index (χ0v) is 17.6. The molecule has 1 heterocycles. The fourth-order valence-electron chi connectivity index (χ4n) is 4.43. The lowest BCUT2D eigenvalue weighted by molar-refractivity contribution is -0.121. The maximum atomic E-state index is 13.3. The van der Waals surface area contributed by atoms with Crippen LogP contribution in [0.15, 0.2) is 5.16 Å². The van der Waals surface area contributed by atoms with E-state index in [1.165, 1.54) is 19.8 Å². The molecule has 2 aliphatic rings. The van der Waals surface area contributed by atoms with Gasteiger partial charge in [-0.2, -0.15) is 0 Å². The Hall–Kier alpha value is -1.37. The van der Waals surface area contributed by atoms with Gasteiger partial charge in [0.15, 0.2) is 0 Å². The van der Waals surface area contributed by atoms with Crippen LogP contribution in [0, 0.1) is 13.8 Å². The van der Waals surface area contributed by atoms with Gasteiger partial charge in [0.1, 0.15) is 5.25 Å². The summed E-state index contributed by atoms with van der Waals surface area (Å²) in [5, 5.41) is 1.92. The molecule has 0 saturated heterocycles. The van der Waals surface area contributed by atoms with Gasteiger partial charge in [-0.05, 0) is 46.5 Å². The Bertz CT molecular complexity index is 773. The van der Waals surface area contributed by atoms with Gasteiger partial charge in [-0.15, -0.1) is 0 Å². The summed E-state index contributed by atoms with van der Waals surface area (Å²) in [4.78, 5) is 17.1. The number of rotatable bonds is 5. The third-order valence-corrected chi connectivity index (χ3v) is 8.28. The van der Waals surface area contributed by atoms with E-state index in [4.69, 9.17) is 0 Å². The fourth-order valence-corrected chi connectivity index (χ4v) is 5.92. The molecule has 2 saturated carbocycles. The molecule has 1 aromatic rings. The Kier molecular flexibility index (Phi) is 6.28. The van der Waals surface area contributed by atoms with Crippen molar-refractivity contribution in [3.05, 3.63) is 11.4 Å². The SMILES string of the molecule is Cc1nc(S(=O)(=O)C(C)C(=O)NC2CCCCC2)n(C2CCCCC2)c1C. The van der Waals surface area contributed by atoms with Crippen molar-refractivity contribution in [2.24, 2.45) is 0 Å². The highest BCUT2D eigenvalue weighted by Gasteiger charge is 2.37. The number of carbonyl (C=O) groups excluding carboxylic acids is 1. The number of hydrogen-bond donors (Lipinski definition) is 1. The summed E-state index contributed by atoms with van der Waals surface area (Å²) in [6.07, 6.45) is 10.6. The first-order valence-corrected chi connectivity index (χ1v) is 12.0. The van der Waals surface area contributed by atoms with Crippen LogP contribution in [-0.4, -0.2) is 35.2 Å². The summed E-state index contributed by atoms with van der Waals surface area (Å²) in [6, 6.07) is 0.267. The van der Waals surface area contributed by atoms with Crippen LogP contribution < -0.4 is 5.32 Å². The molecule has 0 aromatic carbocycles. The van der Waals surface area contributed by atoms with Crippen LogP contribution >= 0.6 is 0 Å². The van der Waals surface area contributed by atoms with Crippen molar-refractivity contribution in [2.45, 2.75) is 107 Å². The molecule has 6 nitrogen and oxygen atoms in total. The van der Waals surface area contributed by atoms with Crippen LogP contribution in [0.5, 0.6) is 0 Å². The quantitative estimate of drug-likeness (QED) is 0.826. The van der Waals surface area contributed by atoms with E-state index in [-0.39, 0.29) is 17.2 Å². The van der Waals surface area contributed by atoms with Crippen molar-refractivity contribution in [1.82, 2.24) is 14.9 Å². The minimum absolute atomic E-state index is 0.0793. The van der Waals surface area contributed by atoms with Gasteiger partial charge in [0.05, 0.1) is 5.69 Å². The van der Waals surface area contributed by atoms with Crippen LogP contribution in [0.3, 0.4) is 0 Å². The Morgan fingerprint density at radius 1 is 1.04 bits per heavy atom. The van der Waals surface area contributed by atoms with E-state index in [9.17, 15) is 13.2 Å². The lowest BCUT2D eigenvalue weighted by Crippen LogP contribution is -2.44. The number of imidazole rings is 1. The lowest BCUT2D eigenvalue weighted by Gasteiger charge is -2.27. The van der Waals surface area contributed by atoms with Crippen molar-refractivity contribution >= 4 is 15.7 Å². The van der Waals surface area contributed by atoms with Crippen molar-refractivity contribution in [1.29, 1.82) is 0 Å².